The van der Waals surface area contributed by atoms with Crippen molar-refractivity contribution in [3.8, 4) is 0 Å². The average molecular weight is 398 g/mol. The molecule has 3 aliphatic heterocycles. The SMILES string of the molecule is CC1CNCCC1N(C)Cc1cccc2c1C(=O)N(C1CCC(=O)NC1=O)C2=O. The average Bonchev–Trinajstić information content (AvgIpc) is 2.94. The third kappa shape index (κ3) is 3.47. The molecule has 3 heterocycles. The Kier molecular flexibility index (Phi) is 5.23. The lowest BCUT2D eigenvalue weighted by Gasteiger charge is -2.37. The Balaban J connectivity index is 1.59. The highest BCUT2D eigenvalue weighted by molar-refractivity contribution is 6.24. The lowest BCUT2D eigenvalue weighted by atomic mass is 9.93. The third-order valence-electron chi connectivity index (χ3n) is 6.28. The van der Waals surface area contributed by atoms with Gasteiger partial charge < -0.3 is 5.32 Å². The number of hydrogen-bond acceptors (Lipinski definition) is 6. The van der Waals surface area contributed by atoms with Crippen LogP contribution in [0.3, 0.4) is 0 Å². The van der Waals surface area contributed by atoms with Crippen LogP contribution in [0.1, 0.15) is 52.5 Å². The molecule has 154 valence electrons. The predicted molar refractivity (Wildman–Crippen MR) is 105 cm³/mol. The molecule has 4 amide bonds. The van der Waals surface area contributed by atoms with E-state index < -0.39 is 23.8 Å². The van der Waals surface area contributed by atoms with E-state index in [2.05, 4.69) is 22.5 Å². The molecule has 0 aromatic heterocycles. The van der Waals surface area contributed by atoms with E-state index in [0.29, 0.717) is 29.6 Å². The second-order valence-corrected chi connectivity index (χ2v) is 8.24. The number of amides is 4. The zero-order chi connectivity index (χ0) is 20.7. The number of benzene rings is 1. The van der Waals surface area contributed by atoms with E-state index in [1.54, 1.807) is 12.1 Å². The van der Waals surface area contributed by atoms with Crippen LogP contribution in [0.4, 0.5) is 0 Å². The first-order chi connectivity index (χ1) is 13.9. The molecule has 8 nitrogen and oxygen atoms in total. The summed E-state index contributed by atoms with van der Waals surface area (Å²) in [4.78, 5) is 53.1. The zero-order valence-electron chi connectivity index (χ0n) is 16.7. The van der Waals surface area contributed by atoms with Gasteiger partial charge in [-0.3, -0.25) is 34.3 Å². The fourth-order valence-electron chi connectivity index (χ4n) is 4.76. The smallest absolute Gasteiger partial charge is 0.262 e. The Morgan fingerprint density at radius 3 is 2.66 bits per heavy atom. The molecular formula is C21H26N4O4. The Labute approximate surface area is 169 Å². The summed E-state index contributed by atoms with van der Waals surface area (Å²) in [5.74, 6) is -1.37. The van der Waals surface area contributed by atoms with Crippen LogP contribution in [0.2, 0.25) is 0 Å². The van der Waals surface area contributed by atoms with E-state index in [1.165, 1.54) is 0 Å². The van der Waals surface area contributed by atoms with Crippen molar-refractivity contribution in [1.29, 1.82) is 0 Å². The molecule has 3 atom stereocenters. The van der Waals surface area contributed by atoms with Gasteiger partial charge in [0, 0.05) is 19.0 Å². The molecule has 1 aromatic carbocycles. The number of carbonyl (C=O) groups is 4. The number of carbonyl (C=O) groups excluding carboxylic acids is 4. The van der Waals surface area contributed by atoms with Crippen LogP contribution >= 0.6 is 0 Å². The van der Waals surface area contributed by atoms with Gasteiger partial charge in [-0.25, -0.2) is 0 Å². The summed E-state index contributed by atoms with van der Waals surface area (Å²) in [6.45, 7) is 4.69. The molecule has 3 unspecified atom stereocenters. The zero-order valence-corrected chi connectivity index (χ0v) is 16.7. The van der Waals surface area contributed by atoms with Crippen LogP contribution in [0.25, 0.3) is 0 Å². The van der Waals surface area contributed by atoms with Crippen LogP contribution in [0.5, 0.6) is 0 Å². The van der Waals surface area contributed by atoms with Gasteiger partial charge in [-0.05, 0) is 50.5 Å². The Morgan fingerprint density at radius 2 is 1.93 bits per heavy atom. The third-order valence-corrected chi connectivity index (χ3v) is 6.28. The van der Waals surface area contributed by atoms with Gasteiger partial charge in [0.15, 0.2) is 0 Å². The largest absolute Gasteiger partial charge is 0.316 e. The second kappa shape index (κ2) is 7.68. The lowest BCUT2D eigenvalue weighted by molar-refractivity contribution is -0.136. The van der Waals surface area contributed by atoms with Crippen molar-refractivity contribution in [1.82, 2.24) is 20.4 Å². The molecule has 0 radical (unpaired) electrons. The molecule has 0 spiro atoms. The number of piperidine rings is 2. The molecule has 0 aliphatic carbocycles. The summed E-state index contributed by atoms with van der Waals surface area (Å²) in [5, 5.41) is 5.62. The number of nitrogens with one attached hydrogen (secondary N) is 2. The minimum absolute atomic E-state index is 0.118. The molecule has 2 fully saturated rings. The van der Waals surface area contributed by atoms with Crippen molar-refractivity contribution in [3.63, 3.8) is 0 Å². The number of rotatable bonds is 4. The van der Waals surface area contributed by atoms with Crippen molar-refractivity contribution in [2.45, 2.75) is 44.8 Å². The first-order valence-electron chi connectivity index (χ1n) is 10.1. The standard InChI is InChI=1S/C21H26N4O4/c1-12-10-22-9-8-15(12)24(2)11-13-4-3-5-14-18(13)21(29)25(20(14)28)16-6-7-17(26)23-19(16)27/h3-5,12,15-16,22H,6-11H2,1-2H3,(H,23,26,27). The van der Waals surface area contributed by atoms with Crippen molar-refractivity contribution in [3.05, 3.63) is 34.9 Å². The maximum absolute atomic E-state index is 13.2. The summed E-state index contributed by atoms with van der Waals surface area (Å²) in [7, 11) is 2.05. The first kappa shape index (κ1) is 19.7. The summed E-state index contributed by atoms with van der Waals surface area (Å²) in [5.41, 5.74) is 1.52. The summed E-state index contributed by atoms with van der Waals surface area (Å²) < 4.78 is 0. The van der Waals surface area contributed by atoms with E-state index >= 15 is 0 Å². The lowest BCUT2D eigenvalue weighted by Crippen LogP contribution is -2.54. The van der Waals surface area contributed by atoms with Crippen LogP contribution in [0.15, 0.2) is 18.2 Å². The molecule has 4 rings (SSSR count). The van der Waals surface area contributed by atoms with E-state index in [0.717, 1.165) is 30.0 Å². The van der Waals surface area contributed by atoms with E-state index in [9.17, 15) is 19.2 Å². The van der Waals surface area contributed by atoms with Gasteiger partial charge in [0.1, 0.15) is 6.04 Å². The Morgan fingerprint density at radius 1 is 1.14 bits per heavy atom. The minimum atomic E-state index is -0.935. The molecule has 0 bridgehead atoms. The van der Waals surface area contributed by atoms with Crippen molar-refractivity contribution in [2.24, 2.45) is 5.92 Å². The van der Waals surface area contributed by atoms with Crippen LogP contribution in [-0.2, 0) is 16.1 Å². The van der Waals surface area contributed by atoms with Gasteiger partial charge in [0.2, 0.25) is 11.8 Å². The predicted octanol–water partition coefficient (Wildman–Crippen LogP) is 0.518. The molecule has 1 aromatic rings. The quantitative estimate of drug-likeness (QED) is 0.718. The fourth-order valence-corrected chi connectivity index (χ4v) is 4.76. The highest BCUT2D eigenvalue weighted by Gasteiger charge is 2.45. The van der Waals surface area contributed by atoms with E-state index in [1.807, 2.05) is 13.1 Å². The maximum Gasteiger partial charge on any atom is 0.262 e. The topological polar surface area (TPSA) is 98.8 Å². The first-order valence-corrected chi connectivity index (χ1v) is 10.1. The molecule has 3 aliphatic rings. The van der Waals surface area contributed by atoms with Crippen LogP contribution in [0, 0.1) is 5.92 Å². The number of fused-ring (bicyclic) bond motifs is 1. The minimum Gasteiger partial charge on any atom is -0.316 e. The van der Waals surface area contributed by atoms with Gasteiger partial charge in [-0.15, -0.1) is 0 Å². The number of hydrogen-bond donors (Lipinski definition) is 2. The van der Waals surface area contributed by atoms with Gasteiger partial charge in [0.25, 0.3) is 11.8 Å². The summed E-state index contributed by atoms with van der Waals surface area (Å²) >= 11 is 0. The summed E-state index contributed by atoms with van der Waals surface area (Å²) in [6.07, 6.45) is 1.31. The molecule has 0 saturated carbocycles. The van der Waals surface area contributed by atoms with Crippen molar-refractivity contribution in [2.75, 3.05) is 20.1 Å². The van der Waals surface area contributed by atoms with Crippen molar-refractivity contribution >= 4 is 23.6 Å². The summed E-state index contributed by atoms with van der Waals surface area (Å²) in [6, 6.07) is 4.76. The normalized spacial score (nSPS) is 27.4. The second-order valence-electron chi connectivity index (χ2n) is 8.24. The van der Waals surface area contributed by atoms with Crippen LogP contribution in [-0.4, -0.2) is 65.6 Å². The van der Waals surface area contributed by atoms with Gasteiger partial charge in [0.05, 0.1) is 11.1 Å². The molecular weight excluding hydrogens is 372 g/mol. The molecule has 29 heavy (non-hydrogen) atoms. The van der Waals surface area contributed by atoms with E-state index in [-0.39, 0.29) is 18.7 Å². The maximum atomic E-state index is 13.2. The van der Waals surface area contributed by atoms with Crippen LogP contribution < -0.4 is 10.6 Å². The molecule has 2 saturated heterocycles. The van der Waals surface area contributed by atoms with Crippen molar-refractivity contribution < 1.29 is 19.2 Å². The fraction of sp³-hybridized carbons (Fsp3) is 0.524. The van der Waals surface area contributed by atoms with Gasteiger partial charge in [-0.2, -0.15) is 0 Å². The number of imide groups is 2. The highest BCUT2D eigenvalue weighted by Crippen LogP contribution is 2.31. The highest BCUT2D eigenvalue weighted by atomic mass is 16.2. The molecule has 8 heteroatoms. The van der Waals surface area contributed by atoms with Gasteiger partial charge >= 0.3 is 0 Å². The Bertz CT molecular complexity index is 883. The number of nitrogens with zero attached hydrogens (tertiary/aromatic N) is 2. The van der Waals surface area contributed by atoms with Gasteiger partial charge in [-0.1, -0.05) is 19.1 Å². The Hall–Kier alpha value is -2.58. The van der Waals surface area contributed by atoms with E-state index in [4.69, 9.17) is 0 Å². The molecule has 2 N–H and O–H groups in total. The monoisotopic (exact) mass is 398 g/mol.